The van der Waals surface area contributed by atoms with Gasteiger partial charge in [0, 0.05) is 19.7 Å². The summed E-state index contributed by atoms with van der Waals surface area (Å²) < 4.78 is 5.11. The molecule has 0 unspecified atom stereocenters. The van der Waals surface area contributed by atoms with Crippen molar-refractivity contribution in [2.24, 2.45) is 0 Å². The first kappa shape index (κ1) is 13.5. The molecule has 1 aliphatic heterocycles. The highest BCUT2D eigenvalue weighted by Gasteiger charge is 2.33. The third-order valence-electron chi connectivity index (χ3n) is 3.61. The Bertz CT molecular complexity index is 641. The minimum atomic E-state index is -0.141. The van der Waals surface area contributed by atoms with E-state index in [0.29, 0.717) is 12.4 Å². The lowest BCUT2D eigenvalue weighted by Crippen LogP contribution is -2.31. The van der Waals surface area contributed by atoms with Crippen LogP contribution in [0.5, 0.6) is 0 Å². The second-order valence-electron chi connectivity index (χ2n) is 5.00. The number of anilines is 1. The Kier molecular flexibility index (Phi) is 3.55. The number of likely N-dealkylation sites (tertiary alicyclic amines) is 1. The molecule has 2 aromatic rings. The Labute approximate surface area is 122 Å². The van der Waals surface area contributed by atoms with E-state index in [1.54, 1.807) is 4.90 Å². The van der Waals surface area contributed by atoms with Crippen LogP contribution in [0.1, 0.15) is 41.0 Å². The number of rotatable bonds is 3. The van der Waals surface area contributed by atoms with E-state index in [0.717, 1.165) is 24.4 Å². The van der Waals surface area contributed by atoms with Crippen LogP contribution in [0.15, 0.2) is 23.1 Å². The van der Waals surface area contributed by atoms with Crippen molar-refractivity contribution in [1.82, 2.24) is 19.9 Å². The van der Waals surface area contributed by atoms with Crippen LogP contribution in [0.4, 0.5) is 5.82 Å². The van der Waals surface area contributed by atoms with E-state index in [2.05, 4.69) is 20.3 Å². The van der Waals surface area contributed by atoms with E-state index < -0.39 is 0 Å². The normalized spacial score (nSPS) is 18.0. The van der Waals surface area contributed by atoms with Crippen molar-refractivity contribution in [3.8, 4) is 0 Å². The summed E-state index contributed by atoms with van der Waals surface area (Å²) >= 11 is 0. The molecule has 21 heavy (non-hydrogen) atoms. The van der Waals surface area contributed by atoms with Gasteiger partial charge in [0.05, 0.1) is 17.9 Å². The zero-order valence-corrected chi connectivity index (χ0v) is 12.0. The molecule has 7 heteroatoms. The van der Waals surface area contributed by atoms with Crippen LogP contribution in [0.3, 0.4) is 0 Å². The molecule has 0 aliphatic carbocycles. The first-order valence-corrected chi connectivity index (χ1v) is 6.92. The number of hydrogen-bond donors (Lipinski definition) is 1. The molecule has 0 bridgehead atoms. The van der Waals surface area contributed by atoms with Crippen LogP contribution in [0.2, 0.25) is 0 Å². The molecule has 1 aliphatic rings. The summed E-state index contributed by atoms with van der Waals surface area (Å²) in [6.45, 7) is 2.55. The van der Waals surface area contributed by atoms with Gasteiger partial charge < -0.3 is 14.6 Å². The Morgan fingerprint density at radius 1 is 1.48 bits per heavy atom. The Hall–Kier alpha value is -2.44. The number of hydrogen-bond acceptors (Lipinski definition) is 6. The van der Waals surface area contributed by atoms with Gasteiger partial charge in [0.25, 0.3) is 5.91 Å². The fourth-order valence-electron chi connectivity index (χ4n) is 2.67. The summed E-state index contributed by atoms with van der Waals surface area (Å²) in [5.41, 5.74) is 0.859. The van der Waals surface area contributed by atoms with Crippen LogP contribution in [-0.2, 0) is 0 Å². The van der Waals surface area contributed by atoms with Gasteiger partial charge in [-0.15, -0.1) is 0 Å². The number of amides is 1. The van der Waals surface area contributed by atoms with E-state index >= 15 is 0 Å². The monoisotopic (exact) mass is 287 g/mol. The zero-order valence-electron chi connectivity index (χ0n) is 12.0. The molecule has 0 radical (unpaired) electrons. The average Bonchev–Trinajstić information content (AvgIpc) is 3.17. The van der Waals surface area contributed by atoms with Crippen LogP contribution >= 0.6 is 0 Å². The molecule has 7 nitrogen and oxygen atoms in total. The fourth-order valence-corrected chi connectivity index (χ4v) is 2.67. The molecule has 3 rings (SSSR count). The smallest absolute Gasteiger partial charge is 0.291 e. The number of carbonyl (C=O) groups excluding carboxylic acids is 1. The van der Waals surface area contributed by atoms with Crippen LogP contribution in [-0.4, -0.2) is 39.4 Å². The van der Waals surface area contributed by atoms with E-state index in [1.165, 1.54) is 12.6 Å². The number of carbonyl (C=O) groups is 1. The van der Waals surface area contributed by atoms with E-state index in [1.807, 2.05) is 20.0 Å². The summed E-state index contributed by atoms with van der Waals surface area (Å²) in [5, 5.41) is 3.02. The van der Waals surface area contributed by atoms with Crippen molar-refractivity contribution in [3.63, 3.8) is 0 Å². The predicted molar refractivity (Wildman–Crippen MR) is 75.8 cm³/mol. The van der Waals surface area contributed by atoms with Gasteiger partial charge in [0.1, 0.15) is 11.6 Å². The molecule has 1 atom stereocenters. The number of nitrogens with zero attached hydrogens (tertiary/aromatic N) is 4. The van der Waals surface area contributed by atoms with Crippen molar-refractivity contribution in [1.29, 1.82) is 0 Å². The summed E-state index contributed by atoms with van der Waals surface area (Å²) in [6, 6.07) is 1.85. The van der Waals surface area contributed by atoms with Crippen molar-refractivity contribution in [2.75, 3.05) is 18.9 Å². The van der Waals surface area contributed by atoms with Crippen molar-refractivity contribution in [3.05, 3.63) is 35.9 Å². The highest BCUT2D eigenvalue weighted by atomic mass is 16.3. The molecule has 3 heterocycles. The highest BCUT2D eigenvalue weighted by molar-refractivity contribution is 5.91. The van der Waals surface area contributed by atoms with E-state index in [-0.39, 0.29) is 17.7 Å². The van der Waals surface area contributed by atoms with Gasteiger partial charge in [-0.25, -0.2) is 15.0 Å². The maximum Gasteiger partial charge on any atom is 0.291 e. The molecule has 1 fully saturated rings. The third kappa shape index (κ3) is 2.58. The largest absolute Gasteiger partial charge is 0.438 e. The number of nitrogens with one attached hydrogen (secondary N) is 1. The lowest BCUT2D eigenvalue weighted by Gasteiger charge is -2.23. The standard InChI is InChI=1S/C14H17N5O2/c1-9-17-10(6-13(15-2)18-9)11-4-3-5-19(11)14(20)12-7-16-8-21-12/h6-8,11H,3-5H2,1-2H3,(H,15,17,18)/t11-/m1/s1. The quantitative estimate of drug-likeness (QED) is 0.926. The fraction of sp³-hybridized carbons (Fsp3) is 0.429. The van der Waals surface area contributed by atoms with Crippen LogP contribution in [0, 0.1) is 6.92 Å². The van der Waals surface area contributed by atoms with Crippen LogP contribution in [0.25, 0.3) is 0 Å². The van der Waals surface area contributed by atoms with Crippen molar-refractivity contribution >= 4 is 11.7 Å². The van der Waals surface area contributed by atoms with Gasteiger partial charge in [0.2, 0.25) is 5.76 Å². The van der Waals surface area contributed by atoms with Crippen molar-refractivity contribution < 1.29 is 9.21 Å². The molecule has 110 valence electrons. The minimum absolute atomic E-state index is 0.0450. The van der Waals surface area contributed by atoms with E-state index in [4.69, 9.17) is 4.42 Å². The Morgan fingerprint density at radius 3 is 3.05 bits per heavy atom. The van der Waals surface area contributed by atoms with Gasteiger partial charge in [-0.05, 0) is 19.8 Å². The van der Waals surface area contributed by atoms with Gasteiger partial charge in [-0.1, -0.05) is 0 Å². The Balaban J connectivity index is 1.90. The van der Waals surface area contributed by atoms with Gasteiger partial charge in [-0.2, -0.15) is 0 Å². The molecule has 0 spiro atoms. The van der Waals surface area contributed by atoms with E-state index in [9.17, 15) is 4.79 Å². The maximum atomic E-state index is 12.5. The second kappa shape index (κ2) is 5.51. The molecular formula is C14H17N5O2. The van der Waals surface area contributed by atoms with Gasteiger partial charge in [0.15, 0.2) is 6.39 Å². The summed E-state index contributed by atoms with van der Waals surface area (Å²) in [7, 11) is 1.82. The number of aryl methyl sites for hydroxylation is 1. The molecule has 2 aromatic heterocycles. The molecule has 1 amide bonds. The maximum absolute atomic E-state index is 12.5. The third-order valence-corrected chi connectivity index (χ3v) is 3.61. The highest BCUT2D eigenvalue weighted by Crippen LogP contribution is 2.32. The van der Waals surface area contributed by atoms with Crippen molar-refractivity contribution in [2.45, 2.75) is 25.8 Å². The summed E-state index contributed by atoms with van der Waals surface area (Å²) in [6.07, 6.45) is 4.55. The second-order valence-corrected chi connectivity index (χ2v) is 5.00. The number of aromatic nitrogens is 3. The van der Waals surface area contributed by atoms with Crippen LogP contribution < -0.4 is 5.32 Å². The topological polar surface area (TPSA) is 84.2 Å². The SMILES string of the molecule is CNc1cc([C@H]2CCCN2C(=O)c2cnco2)nc(C)n1. The first-order chi connectivity index (χ1) is 10.2. The molecule has 0 saturated carbocycles. The number of oxazole rings is 1. The first-order valence-electron chi connectivity index (χ1n) is 6.92. The molecular weight excluding hydrogens is 270 g/mol. The van der Waals surface area contributed by atoms with Gasteiger partial charge >= 0.3 is 0 Å². The minimum Gasteiger partial charge on any atom is -0.438 e. The molecule has 1 N–H and O–H groups in total. The lowest BCUT2D eigenvalue weighted by atomic mass is 10.1. The summed E-state index contributed by atoms with van der Waals surface area (Å²) in [5.74, 6) is 1.58. The Morgan fingerprint density at radius 2 is 2.33 bits per heavy atom. The molecule has 1 saturated heterocycles. The average molecular weight is 287 g/mol. The predicted octanol–water partition coefficient (Wildman–Crippen LogP) is 1.79. The zero-order chi connectivity index (χ0) is 14.8. The lowest BCUT2D eigenvalue weighted by molar-refractivity contribution is 0.0700. The summed E-state index contributed by atoms with van der Waals surface area (Å²) in [4.78, 5) is 26.8. The van der Waals surface area contributed by atoms with Gasteiger partial charge in [-0.3, -0.25) is 4.79 Å². The molecule has 0 aromatic carbocycles.